The van der Waals surface area contributed by atoms with Crippen LogP contribution < -0.4 is 0 Å². The zero-order chi connectivity index (χ0) is 11.0. The summed E-state index contributed by atoms with van der Waals surface area (Å²) in [4.78, 5) is 3.70. The van der Waals surface area contributed by atoms with Crippen LogP contribution in [-0.4, -0.2) is 16.3 Å². The Hall–Kier alpha value is -1.10. The lowest BCUT2D eigenvalue weighted by Gasteiger charge is -2.26. The molecule has 0 bridgehead atoms. The minimum absolute atomic E-state index is 0.254. The van der Waals surface area contributed by atoms with Crippen LogP contribution in [0, 0.1) is 6.92 Å². The van der Waals surface area contributed by atoms with Crippen LogP contribution in [0.5, 0.6) is 0 Å². The Morgan fingerprint density at radius 2 is 1.86 bits per heavy atom. The molecule has 78 valence electrons. The molecule has 0 aliphatic carbocycles. The van der Waals surface area contributed by atoms with Crippen molar-refractivity contribution >= 4 is 0 Å². The molecule has 0 spiro atoms. The summed E-state index contributed by atoms with van der Waals surface area (Å²) in [6.45, 7) is 2.37. The fourth-order valence-electron chi connectivity index (χ4n) is 0.919. The highest BCUT2D eigenvalue weighted by molar-refractivity contribution is 5.21. The third-order valence-electron chi connectivity index (χ3n) is 2.03. The first-order valence-corrected chi connectivity index (χ1v) is 3.97. The quantitative estimate of drug-likeness (QED) is 0.762. The lowest BCUT2D eigenvalue weighted by molar-refractivity contribution is -0.259. The number of alkyl halides is 3. The first kappa shape index (κ1) is 11.0. The summed E-state index contributed by atoms with van der Waals surface area (Å²) in [6.07, 6.45) is -3.66. The van der Waals surface area contributed by atoms with Crippen molar-refractivity contribution in [3.8, 4) is 0 Å². The highest BCUT2D eigenvalue weighted by Gasteiger charge is 2.51. The van der Waals surface area contributed by atoms with Crippen LogP contribution in [0.15, 0.2) is 18.3 Å². The van der Waals surface area contributed by atoms with Crippen molar-refractivity contribution in [2.75, 3.05) is 0 Å². The third kappa shape index (κ3) is 1.87. The molecule has 0 aromatic carbocycles. The van der Waals surface area contributed by atoms with Gasteiger partial charge in [0, 0.05) is 17.5 Å². The topological polar surface area (TPSA) is 33.1 Å². The minimum Gasteiger partial charge on any atom is -0.376 e. The molecule has 1 heterocycles. The molecule has 0 aliphatic heterocycles. The molecule has 1 aromatic heterocycles. The molecule has 0 radical (unpaired) electrons. The van der Waals surface area contributed by atoms with E-state index in [2.05, 4.69) is 4.98 Å². The minimum atomic E-state index is -4.69. The maximum absolute atomic E-state index is 12.3. The number of nitrogens with zero attached hydrogens (tertiary/aromatic N) is 1. The summed E-state index contributed by atoms with van der Waals surface area (Å²) >= 11 is 0. The van der Waals surface area contributed by atoms with Crippen LogP contribution >= 0.6 is 0 Å². The van der Waals surface area contributed by atoms with Gasteiger partial charge in [0.2, 0.25) is 0 Å². The lowest BCUT2D eigenvalue weighted by atomic mass is 9.97. The van der Waals surface area contributed by atoms with Gasteiger partial charge in [0.25, 0.3) is 0 Å². The Morgan fingerprint density at radius 3 is 2.21 bits per heavy atom. The van der Waals surface area contributed by atoms with Crippen molar-refractivity contribution < 1.29 is 18.3 Å². The monoisotopic (exact) mass is 205 g/mol. The molecule has 1 aromatic rings. The second-order valence-corrected chi connectivity index (χ2v) is 3.26. The van der Waals surface area contributed by atoms with Crippen LogP contribution in [0.2, 0.25) is 0 Å². The van der Waals surface area contributed by atoms with Gasteiger partial charge in [0.05, 0.1) is 0 Å². The number of hydrogen-bond donors (Lipinski definition) is 1. The number of aromatic nitrogens is 1. The van der Waals surface area contributed by atoms with Gasteiger partial charge in [0.1, 0.15) is 0 Å². The van der Waals surface area contributed by atoms with E-state index in [9.17, 15) is 18.3 Å². The van der Waals surface area contributed by atoms with Crippen molar-refractivity contribution in [3.05, 3.63) is 29.6 Å². The predicted octanol–water partition coefficient (Wildman–Crippen LogP) is 2.16. The lowest BCUT2D eigenvalue weighted by Crippen LogP contribution is -2.39. The predicted molar refractivity (Wildman–Crippen MR) is 44.6 cm³/mol. The summed E-state index contributed by atoms with van der Waals surface area (Å²) in [5.41, 5.74) is -2.49. The maximum atomic E-state index is 12.3. The average molecular weight is 205 g/mol. The first-order chi connectivity index (χ1) is 6.25. The molecule has 1 atom stereocenters. The van der Waals surface area contributed by atoms with E-state index in [0.717, 1.165) is 6.20 Å². The SMILES string of the molecule is Cc1ccc([C@](C)(O)C(F)(F)F)cn1. The van der Waals surface area contributed by atoms with Gasteiger partial charge in [0.15, 0.2) is 5.60 Å². The highest BCUT2D eigenvalue weighted by Crippen LogP contribution is 2.37. The van der Waals surface area contributed by atoms with Gasteiger partial charge in [-0.3, -0.25) is 4.98 Å². The zero-order valence-electron chi connectivity index (χ0n) is 7.76. The second-order valence-electron chi connectivity index (χ2n) is 3.26. The van der Waals surface area contributed by atoms with E-state index in [4.69, 9.17) is 0 Å². The van der Waals surface area contributed by atoms with E-state index >= 15 is 0 Å². The summed E-state index contributed by atoms with van der Waals surface area (Å²) in [7, 11) is 0. The summed E-state index contributed by atoms with van der Waals surface area (Å²) in [5.74, 6) is 0. The van der Waals surface area contributed by atoms with Crippen molar-refractivity contribution in [2.45, 2.75) is 25.6 Å². The van der Waals surface area contributed by atoms with Gasteiger partial charge < -0.3 is 5.11 Å². The van der Waals surface area contributed by atoms with Crippen molar-refractivity contribution in [3.63, 3.8) is 0 Å². The summed E-state index contributed by atoms with van der Waals surface area (Å²) in [5, 5.41) is 9.25. The number of pyridine rings is 1. The summed E-state index contributed by atoms with van der Waals surface area (Å²) in [6, 6.07) is 2.64. The van der Waals surface area contributed by atoms with E-state index in [-0.39, 0.29) is 5.56 Å². The highest BCUT2D eigenvalue weighted by atomic mass is 19.4. The molecule has 0 fully saturated rings. The van der Waals surface area contributed by atoms with Gasteiger partial charge in [-0.2, -0.15) is 13.2 Å². The molecule has 2 nitrogen and oxygen atoms in total. The van der Waals surface area contributed by atoms with E-state index < -0.39 is 11.8 Å². The van der Waals surface area contributed by atoms with Crippen LogP contribution in [0.3, 0.4) is 0 Å². The Balaban J connectivity index is 3.10. The molecular formula is C9H10F3NO. The van der Waals surface area contributed by atoms with Gasteiger partial charge in [-0.05, 0) is 19.9 Å². The largest absolute Gasteiger partial charge is 0.421 e. The van der Waals surface area contributed by atoms with E-state index in [1.165, 1.54) is 12.1 Å². The Kier molecular flexibility index (Phi) is 2.54. The van der Waals surface area contributed by atoms with Gasteiger partial charge >= 0.3 is 6.18 Å². The van der Waals surface area contributed by atoms with Gasteiger partial charge in [-0.1, -0.05) is 6.07 Å². The molecule has 1 rings (SSSR count). The van der Waals surface area contributed by atoms with Crippen LogP contribution in [0.25, 0.3) is 0 Å². The van der Waals surface area contributed by atoms with Crippen molar-refractivity contribution in [1.82, 2.24) is 4.98 Å². The molecule has 0 unspecified atom stereocenters. The Labute approximate surface area is 79.4 Å². The smallest absolute Gasteiger partial charge is 0.376 e. The molecule has 0 aliphatic rings. The Bertz CT molecular complexity index is 316. The van der Waals surface area contributed by atoms with Crippen LogP contribution in [-0.2, 0) is 5.60 Å². The number of hydrogen-bond acceptors (Lipinski definition) is 2. The molecule has 0 saturated heterocycles. The molecule has 1 N–H and O–H groups in total. The fraction of sp³-hybridized carbons (Fsp3) is 0.444. The van der Waals surface area contributed by atoms with Crippen LogP contribution in [0.1, 0.15) is 18.2 Å². The average Bonchev–Trinajstić information content (AvgIpc) is 2.03. The molecule has 5 heteroatoms. The van der Waals surface area contributed by atoms with Gasteiger partial charge in [-0.25, -0.2) is 0 Å². The number of aryl methyl sites for hydroxylation is 1. The van der Waals surface area contributed by atoms with Gasteiger partial charge in [-0.15, -0.1) is 0 Å². The normalized spacial score (nSPS) is 16.4. The van der Waals surface area contributed by atoms with E-state index in [1.54, 1.807) is 6.92 Å². The van der Waals surface area contributed by atoms with Crippen molar-refractivity contribution in [2.24, 2.45) is 0 Å². The van der Waals surface area contributed by atoms with Crippen molar-refractivity contribution in [1.29, 1.82) is 0 Å². The first-order valence-electron chi connectivity index (χ1n) is 3.97. The molecular weight excluding hydrogens is 195 g/mol. The summed E-state index contributed by atoms with van der Waals surface area (Å²) < 4.78 is 37.0. The van der Waals surface area contributed by atoms with E-state index in [0.29, 0.717) is 12.6 Å². The number of halogens is 3. The third-order valence-corrected chi connectivity index (χ3v) is 2.03. The zero-order valence-corrected chi connectivity index (χ0v) is 7.76. The number of rotatable bonds is 1. The fourth-order valence-corrected chi connectivity index (χ4v) is 0.919. The Morgan fingerprint density at radius 1 is 1.29 bits per heavy atom. The molecule has 0 saturated carbocycles. The van der Waals surface area contributed by atoms with Crippen LogP contribution in [0.4, 0.5) is 13.2 Å². The molecule has 0 amide bonds. The standard InChI is InChI=1S/C9H10F3NO/c1-6-3-4-7(5-13-6)8(2,14)9(10,11)12/h3-5,14H,1-2H3/t8-/m0/s1. The second kappa shape index (κ2) is 3.24. The number of aliphatic hydroxyl groups is 1. The van der Waals surface area contributed by atoms with E-state index in [1.807, 2.05) is 0 Å². The molecule has 14 heavy (non-hydrogen) atoms. The maximum Gasteiger partial charge on any atom is 0.421 e.